The summed E-state index contributed by atoms with van der Waals surface area (Å²) in [4.78, 5) is 13.7. The van der Waals surface area contributed by atoms with Crippen molar-refractivity contribution in [3.8, 4) is 0 Å². The largest absolute Gasteiger partial charge is 0.445 e. The van der Waals surface area contributed by atoms with Gasteiger partial charge in [0.15, 0.2) is 0 Å². The second-order valence-corrected chi connectivity index (χ2v) is 4.32. The maximum Gasteiger partial charge on any atom is 0.414 e. The lowest BCUT2D eigenvalue weighted by Crippen LogP contribution is -2.37. The molecule has 0 saturated heterocycles. The molecule has 0 spiro atoms. The molecule has 0 unspecified atom stereocenters. The van der Waals surface area contributed by atoms with Gasteiger partial charge in [0, 0.05) is 12.0 Å². The minimum atomic E-state index is -0.297. The summed E-state index contributed by atoms with van der Waals surface area (Å²) < 4.78 is 5.12. The van der Waals surface area contributed by atoms with Crippen LogP contribution in [-0.2, 0) is 4.74 Å². The maximum atomic E-state index is 12.0. The molecule has 0 aliphatic carbocycles. The van der Waals surface area contributed by atoms with Crippen LogP contribution in [-0.4, -0.2) is 18.7 Å². The Labute approximate surface area is 102 Å². The van der Waals surface area contributed by atoms with Gasteiger partial charge < -0.3 is 4.74 Å². The first-order chi connectivity index (χ1) is 8.16. The quantitative estimate of drug-likeness (QED) is 0.731. The fourth-order valence-corrected chi connectivity index (χ4v) is 2.26. The van der Waals surface area contributed by atoms with E-state index in [-0.39, 0.29) is 18.7 Å². The molecule has 3 nitrogen and oxygen atoms in total. The molecule has 0 saturated carbocycles. The van der Waals surface area contributed by atoms with Crippen molar-refractivity contribution in [1.82, 2.24) is 0 Å². The molecule has 0 radical (unpaired) electrons. The monoisotopic (exact) mass is 231 g/mol. The molecule has 2 rings (SSSR count). The van der Waals surface area contributed by atoms with Crippen LogP contribution in [0.5, 0.6) is 0 Å². The van der Waals surface area contributed by atoms with Gasteiger partial charge in [-0.25, -0.2) is 4.79 Å². The maximum absolute atomic E-state index is 12.0. The van der Waals surface area contributed by atoms with Crippen LogP contribution >= 0.6 is 0 Å². The predicted molar refractivity (Wildman–Crippen MR) is 68.3 cm³/mol. The normalized spacial score (nSPS) is 22.1. The molecule has 2 atom stereocenters. The fraction of sp³-hybridized carbons (Fsp3) is 0.357. The number of carbonyl (C=O) groups is 1. The Morgan fingerprint density at radius 1 is 1.47 bits per heavy atom. The summed E-state index contributed by atoms with van der Waals surface area (Å²) in [6.45, 7) is 7.96. The molecule has 17 heavy (non-hydrogen) atoms. The summed E-state index contributed by atoms with van der Waals surface area (Å²) in [6, 6.07) is 8.10. The predicted octanol–water partition coefficient (Wildman–Crippen LogP) is 3.32. The lowest BCUT2D eigenvalue weighted by Gasteiger charge is -2.23. The SMILES string of the molecule is C=CCOC(=O)N1c2ccccc2[C@@H](C)[C@H]1C. The van der Waals surface area contributed by atoms with Crippen LogP contribution in [0.15, 0.2) is 36.9 Å². The number of hydrogen-bond acceptors (Lipinski definition) is 2. The zero-order valence-corrected chi connectivity index (χ0v) is 10.2. The second-order valence-electron chi connectivity index (χ2n) is 4.32. The number of para-hydroxylation sites is 1. The fourth-order valence-electron chi connectivity index (χ4n) is 2.26. The number of ether oxygens (including phenoxy) is 1. The zero-order valence-electron chi connectivity index (χ0n) is 10.2. The van der Waals surface area contributed by atoms with E-state index in [0.29, 0.717) is 5.92 Å². The Hall–Kier alpha value is -1.77. The van der Waals surface area contributed by atoms with E-state index < -0.39 is 0 Å². The molecule has 3 heteroatoms. The third kappa shape index (κ3) is 1.93. The first-order valence-electron chi connectivity index (χ1n) is 5.82. The Kier molecular flexibility index (Phi) is 3.18. The van der Waals surface area contributed by atoms with E-state index in [9.17, 15) is 4.79 Å². The number of anilines is 1. The van der Waals surface area contributed by atoms with Crippen LogP contribution < -0.4 is 4.90 Å². The van der Waals surface area contributed by atoms with Crippen molar-refractivity contribution < 1.29 is 9.53 Å². The molecular formula is C14H17NO2. The third-order valence-corrected chi connectivity index (χ3v) is 3.34. The molecule has 1 aromatic rings. The smallest absolute Gasteiger partial charge is 0.414 e. The highest BCUT2D eigenvalue weighted by Crippen LogP contribution is 2.40. The Morgan fingerprint density at radius 2 is 2.18 bits per heavy atom. The van der Waals surface area contributed by atoms with Gasteiger partial charge in [-0.1, -0.05) is 37.8 Å². The Morgan fingerprint density at radius 3 is 2.88 bits per heavy atom. The number of benzene rings is 1. The van der Waals surface area contributed by atoms with Crippen LogP contribution in [0.4, 0.5) is 10.5 Å². The Balaban J connectivity index is 2.29. The van der Waals surface area contributed by atoms with Crippen molar-refractivity contribution in [1.29, 1.82) is 0 Å². The van der Waals surface area contributed by atoms with Crippen LogP contribution in [0.25, 0.3) is 0 Å². The van der Waals surface area contributed by atoms with Crippen molar-refractivity contribution in [3.63, 3.8) is 0 Å². The van der Waals surface area contributed by atoms with Crippen molar-refractivity contribution in [2.24, 2.45) is 0 Å². The molecular weight excluding hydrogens is 214 g/mol. The van der Waals surface area contributed by atoms with E-state index in [1.54, 1.807) is 11.0 Å². The van der Waals surface area contributed by atoms with Crippen LogP contribution in [0.1, 0.15) is 25.3 Å². The molecule has 1 aromatic carbocycles. The van der Waals surface area contributed by atoms with Gasteiger partial charge in [0.1, 0.15) is 6.61 Å². The van der Waals surface area contributed by atoms with Crippen LogP contribution in [0, 0.1) is 0 Å². The number of nitrogens with zero attached hydrogens (tertiary/aromatic N) is 1. The summed E-state index contributed by atoms with van der Waals surface area (Å²) in [5.41, 5.74) is 2.16. The number of hydrogen-bond donors (Lipinski definition) is 0. The van der Waals surface area contributed by atoms with Gasteiger partial charge in [-0.05, 0) is 18.6 Å². The van der Waals surface area contributed by atoms with Gasteiger partial charge in [0.2, 0.25) is 0 Å². The van der Waals surface area contributed by atoms with E-state index in [4.69, 9.17) is 4.74 Å². The summed E-state index contributed by atoms with van der Waals surface area (Å²) in [5, 5.41) is 0. The first-order valence-corrected chi connectivity index (χ1v) is 5.82. The molecule has 1 heterocycles. The molecule has 0 fully saturated rings. The molecule has 0 N–H and O–H groups in total. The zero-order chi connectivity index (χ0) is 12.4. The minimum absolute atomic E-state index is 0.129. The number of amides is 1. The van der Waals surface area contributed by atoms with Crippen LogP contribution in [0.2, 0.25) is 0 Å². The average Bonchev–Trinajstić information content (AvgIpc) is 2.60. The van der Waals surface area contributed by atoms with Crippen molar-refractivity contribution in [2.75, 3.05) is 11.5 Å². The molecule has 0 aromatic heterocycles. The summed E-state index contributed by atoms with van der Waals surface area (Å²) in [7, 11) is 0. The summed E-state index contributed by atoms with van der Waals surface area (Å²) in [5.74, 6) is 0.336. The molecule has 1 amide bonds. The summed E-state index contributed by atoms with van der Waals surface area (Å²) >= 11 is 0. The van der Waals surface area contributed by atoms with Crippen LogP contribution in [0.3, 0.4) is 0 Å². The van der Waals surface area contributed by atoms with E-state index in [1.807, 2.05) is 25.1 Å². The first kappa shape index (κ1) is 11.7. The molecule has 1 aliphatic heterocycles. The lowest BCUT2D eigenvalue weighted by atomic mass is 9.99. The van der Waals surface area contributed by atoms with E-state index >= 15 is 0 Å². The molecule has 90 valence electrons. The van der Waals surface area contributed by atoms with E-state index in [2.05, 4.69) is 19.6 Å². The van der Waals surface area contributed by atoms with Gasteiger partial charge >= 0.3 is 6.09 Å². The summed E-state index contributed by atoms with van der Waals surface area (Å²) in [6.07, 6.45) is 1.28. The highest BCUT2D eigenvalue weighted by atomic mass is 16.6. The lowest BCUT2D eigenvalue weighted by molar-refractivity contribution is 0.164. The molecule has 0 bridgehead atoms. The number of fused-ring (bicyclic) bond motifs is 1. The van der Waals surface area contributed by atoms with E-state index in [0.717, 1.165) is 5.69 Å². The van der Waals surface area contributed by atoms with Crippen molar-refractivity contribution in [3.05, 3.63) is 42.5 Å². The molecule has 1 aliphatic rings. The van der Waals surface area contributed by atoms with Gasteiger partial charge in [-0.15, -0.1) is 0 Å². The van der Waals surface area contributed by atoms with E-state index in [1.165, 1.54) is 5.56 Å². The van der Waals surface area contributed by atoms with Gasteiger partial charge in [0.25, 0.3) is 0 Å². The topological polar surface area (TPSA) is 29.5 Å². The standard InChI is InChI=1S/C14H17NO2/c1-4-9-17-14(16)15-11(3)10(2)12-7-5-6-8-13(12)15/h4-8,10-11H,1,9H2,2-3H3/t10-,11+/m0/s1. The number of carbonyl (C=O) groups excluding carboxylic acids is 1. The Bertz CT molecular complexity index is 442. The number of rotatable bonds is 2. The highest BCUT2D eigenvalue weighted by molar-refractivity contribution is 5.91. The average molecular weight is 231 g/mol. The van der Waals surface area contributed by atoms with Crippen molar-refractivity contribution in [2.45, 2.75) is 25.8 Å². The third-order valence-electron chi connectivity index (χ3n) is 3.34. The van der Waals surface area contributed by atoms with Gasteiger partial charge in [-0.2, -0.15) is 0 Å². The highest BCUT2D eigenvalue weighted by Gasteiger charge is 2.36. The second kappa shape index (κ2) is 4.62. The van der Waals surface area contributed by atoms with Gasteiger partial charge in [-0.3, -0.25) is 4.90 Å². The minimum Gasteiger partial charge on any atom is -0.445 e. The van der Waals surface area contributed by atoms with Gasteiger partial charge in [0.05, 0.1) is 5.69 Å². The van der Waals surface area contributed by atoms with Crippen molar-refractivity contribution >= 4 is 11.8 Å².